The third-order valence-corrected chi connectivity index (χ3v) is 3.41. The highest BCUT2D eigenvalue weighted by atomic mass is 16.5. The molecule has 0 radical (unpaired) electrons. The summed E-state index contributed by atoms with van der Waals surface area (Å²) < 4.78 is 15.8. The van der Waals surface area contributed by atoms with Gasteiger partial charge in [0.1, 0.15) is 6.61 Å². The topological polar surface area (TPSA) is 69.7 Å². The molecule has 1 aromatic heterocycles. The first-order chi connectivity index (χ1) is 12.3. The van der Waals surface area contributed by atoms with E-state index in [1.165, 1.54) is 6.20 Å². The van der Waals surface area contributed by atoms with Crippen molar-refractivity contribution in [3.05, 3.63) is 59.8 Å². The molecule has 6 heteroatoms. The smallest absolute Gasteiger partial charge is 0.252 e. The lowest BCUT2D eigenvalue weighted by molar-refractivity contribution is 0.0688. The molecule has 6 nitrogen and oxygen atoms in total. The second kappa shape index (κ2) is 11.2. The zero-order valence-electron chi connectivity index (χ0n) is 14.4. The molecular formula is C19H24N2O4. The van der Waals surface area contributed by atoms with Crippen LogP contribution < -0.4 is 10.1 Å². The van der Waals surface area contributed by atoms with Crippen LogP contribution in [0.2, 0.25) is 0 Å². The van der Waals surface area contributed by atoms with E-state index in [1.54, 1.807) is 19.2 Å². The van der Waals surface area contributed by atoms with E-state index in [1.807, 2.05) is 30.3 Å². The van der Waals surface area contributed by atoms with Gasteiger partial charge in [0, 0.05) is 32.5 Å². The van der Waals surface area contributed by atoms with Gasteiger partial charge in [-0.15, -0.1) is 0 Å². The van der Waals surface area contributed by atoms with E-state index in [-0.39, 0.29) is 5.91 Å². The van der Waals surface area contributed by atoms with Crippen molar-refractivity contribution < 1.29 is 19.0 Å². The van der Waals surface area contributed by atoms with Gasteiger partial charge in [0.25, 0.3) is 5.91 Å². The molecule has 0 fully saturated rings. The highest BCUT2D eigenvalue weighted by Gasteiger charge is 2.06. The summed E-state index contributed by atoms with van der Waals surface area (Å²) in [7, 11) is 1.63. The van der Waals surface area contributed by atoms with Crippen molar-refractivity contribution >= 4 is 5.91 Å². The Morgan fingerprint density at radius 1 is 1.08 bits per heavy atom. The molecule has 0 unspecified atom stereocenters. The molecule has 2 rings (SSSR count). The Morgan fingerprint density at radius 2 is 1.92 bits per heavy atom. The molecule has 0 atom stereocenters. The molecule has 1 amide bonds. The lowest BCUT2D eigenvalue weighted by Crippen LogP contribution is -2.25. The van der Waals surface area contributed by atoms with Crippen molar-refractivity contribution in [2.75, 3.05) is 33.5 Å². The van der Waals surface area contributed by atoms with Crippen LogP contribution in [-0.2, 0) is 16.1 Å². The molecule has 1 heterocycles. The van der Waals surface area contributed by atoms with Gasteiger partial charge in [-0.1, -0.05) is 30.3 Å². The zero-order valence-corrected chi connectivity index (χ0v) is 14.4. The van der Waals surface area contributed by atoms with Crippen LogP contribution in [0.15, 0.2) is 48.7 Å². The van der Waals surface area contributed by atoms with Crippen LogP contribution in [0, 0.1) is 0 Å². The van der Waals surface area contributed by atoms with Crippen molar-refractivity contribution in [3.8, 4) is 5.88 Å². The van der Waals surface area contributed by atoms with Gasteiger partial charge in [-0.25, -0.2) is 4.98 Å². The van der Waals surface area contributed by atoms with E-state index >= 15 is 0 Å². The Labute approximate surface area is 148 Å². The summed E-state index contributed by atoms with van der Waals surface area (Å²) >= 11 is 0. The van der Waals surface area contributed by atoms with Crippen molar-refractivity contribution in [2.45, 2.75) is 13.0 Å². The van der Waals surface area contributed by atoms with Gasteiger partial charge < -0.3 is 19.5 Å². The van der Waals surface area contributed by atoms with Crippen LogP contribution in [0.1, 0.15) is 22.3 Å². The third-order valence-electron chi connectivity index (χ3n) is 3.41. The molecule has 2 aromatic rings. The maximum absolute atomic E-state index is 12.0. The predicted octanol–water partition coefficient (Wildman–Crippen LogP) is 2.44. The number of pyridine rings is 1. The van der Waals surface area contributed by atoms with Gasteiger partial charge in [0.2, 0.25) is 5.88 Å². The van der Waals surface area contributed by atoms with Crippen LogP contribution in [0.3, 0.4) is 0 Å². The average molecular weight is 344 g/mol. The molecule has 134 valence electrons. The first-order valence-corrected chi connectivity index (χ1v) is 8.27. The van der Waals surface area contributed by atoms with Gasteiger partial charge in [-0.3, -0.25) is 4.79 Å². The van der Waals surface area contributed by atoms with Gasteiger partial charge in [-0.2, -0.15) is 0 Å². The molecule has 25 heavy (non-hydrogen) atoms. The third kappa shape index (κ3) is 7.32. The fourth-order valence-electron chi connectivity index (χ4n) is 2.05. The maximum atomic E-state index is 12.0. The van der Waals surface area contributed by atoms with Crippen molar-refractivity contribution in [2.24, 2.45) is 0 Å². The second-order valence-corrected chi connectivity index (χ2v) is 5.37. The van der Waals surface area contributed by atoms with E-state index < -0.39 is 0 Å². The van der Waals surface area contributed by atoms with Crippen LogP contribution in [-0.4, -0.2) is 44.4 Å². The number of aromatic nitrogens is 1. The van der Waals surface area contributed by atoms with E-state index in [0.29, 0.717) is 44.4 Å². The molecule has 0 saturated heterocycles. The number of carbonyl (C=O) groups excluding carboxylic acids is 1. The molecule has 1 aromatic carbocycles. The van der Waals surface area contributed by atoms with E-state index in [2.05, 4.69) is 10.3 Å². The van der Waals surface area contributed by atoms with Crippen LogP contribution in [0.25, 0.3) is 0 Å². The first-order valence-electron chi connectivity index (χ1n) is 8.27. The molecule has 0 aliphatic heterocycles. The number of carbonyl (C=O) groups is 1. The predicted molar refractivity (Wildman–Crippen MR) is 94.7 cm³/mol. The molecule has 1 N–H and O–H groups in total. The Hall–Kier alpha value is -2.44. The van der Waals surface area contributed by atoms with E-state index in [4.69, 9.17) is 14.2 Å². The number of nitrogens with one attached hydrogen (secondary N) is 1. The largest absolute Gasteiger partial charge is 0.473 e. The Kier molecular flexibility index (Phi) is 8.44. The molecular weight excluding hydrogens is 320 g/mol. The van der Waals surface area contributed by atoms with Crippen LogP contribution in [0.5, 0.6) is 5.88 Å². The standard InChI is InChI=1S/C19H24N2O4/c1-23-12-13-24-11-5-10-20-19(22)17-8-9-18(21-14-17)25-15-16-6-3-2-4-7-16/h2-4,6-9,14H,5,10-13,15H2,1H3,(H,20,22). The summed E-state index contributed by atoms with van der Waals surface area (Å²) in [5.74, 6) is 0.339. The van der Waals surface area contributed by atoms with Crippen molar-refractivity contribution in [3.63, 3.8) is 0 Å². The van der Waals surface area contributed by atoms with E-state index in [9.17, 15) is 4.79 Å². The molecule has 0 aliphatic rings. The molecule has 0 spiro atoms. The van der Waals surface area contributed by atoms with Crippen molar-refractivity contribution in [1.29, 1.82) is 0 Å². The number of ether oxygens (including phenoxy) is 3. The molecule has 0 saturated carbocycles. The van der Waals surface area contributed by atoms with Gasteiger partial charge in [0.05, 0.1) is 18.8 Å². The number of hydrogen-bond donors (Lipinski definition) is 1. The zero-order chi connectivity index (χ0) is 17.7. The second-order valence-electron chi connectivity index (χ2n) is 5.37. The number of rotatable bonds is 11. The number of amides is 1. The number of methoxy groups -OCH3 is 1. The quantitative estimate of drug-likeness (QED) is 0.634. The normalized spacial score (nSPS) is 10.4. The van der Waals surface area contributed by atoms with Gasteiger partial charge in [-0.05, 0) is 18.1 Å². The monoisotopic (exact) mass is 344 g/mol. The fourth-order valence-corrected chi connectivity index (χ4v) is 2.05. The highest BCUT2D eigenvalue weighted by Crippen LogP contribution is 2.10. The minimum atomic E-state index is -0.154. The summed E-state index contributed by atoms with van der Waals surface area (Å²) in [6.45, 7) is 2.74. The average Bonchev–Trinajstić information content (AvgIpc) is 2.67. The number of nitrogens with zero attached hydrogens (tertiary/aromatic N) is 1. The maximum Gasteiger partial charge on any atom is 0.252 e. The Bertz CT molecular complexity index is 617. The minimum Gasteiger partial charge on any atom is -0.473 e. The van der Waals surface area contributed by atoms with E-state index in [0.717, 1.165) is 12.0 Å². The SMILES string of the molecule is COCCOCCCNC(=O)c1ccc(OCc2ccccc2)nc1. The summed E-state index contributed by atoms with van der Waals surface area (Å²) in [4.78, 5) is 16.2. The fraction of sp³-hybridized carbons (Fsp3) is 0.368. The van der Waals surface area contributed by atoms with Gasteiger partial charge in [0.15, 0.2) is 0 Å². The van der Waals surface area contributed by atoms with Gasteiger partial charge >= 0.3 is 0 Å². The Balaban J connectivity index is 1.67. The molecule has 0 bridgehead atoms. The summed E-state index contributed by atoms with van der Waals surface area (Å²) in [5, 5.41) is 2.84. The first kappa shape index (κ1) is 18.9. The summed E-state index contributed by atoms with van der Waals surface area (Å²) in [5.41, 5.74) is 1.58. The Morgan fingerprint density at radius 3 is 2.64 bits per heavy atom. The van der Waals surface area contributed by atoms with Crippen LogP contribution >= 0.6 is 0 Å². The summed E-state index contributed by atoms with van der Waals surface area (Å²) in [6, 6.07) is 13.3. The van der Waals surface area contributed by atoms with Crippen molar-refractivity contribution in [1.82, 2.24) is 10.3 Å². The minimum absolute atomic E-state index is 0.154. The molecule has 0 aliphatic carbocycles. The summed E-state index contributed by atoms with van der Waals surface area (Å²) in [6.07, 6.45) is 2.27. The highest BCUT2D eigenvalue weighted by molar-refractivity contribution is 5.93. The lowest BCUT2D eigenvalue weighted by Gasteiger charge is -2.08. The number of hydrogen-bond acceptors (Lipinski definition) is 5. The van der Waals surface area contributed by atoms with Crippen LogP contribution in [0.4, 0.5) is 0 Å². The number of benzene rings is 1. The lowest BCUT2D eigenvalue weighted by atomic mass is 10.2.